The van der Waals surface area contributed by atoms with E-state index in [4.69, 9.17) is 21.3 Å². The van der Waals surface area contributed by atoms with Crippen LogP contribution in [0.3, 0.4) is 0 Å². The fourth-order valence-electron chi connectivity index (χ4n) is 3.67. The molecule has 3 N–H and O–H groups in total. The van der Waals surface area contributed by atoms with Crippen LogP contribution >= 0.6 is 11.6 Å². The van der Waals surface area contributed by atoms with Crippen molar-refractivity contribution in [3.05, 3.63) is 39.4 Å². The highest BCUT2D eigenvalue weighted by Crippen LogP contribution is 2.49. The monoisotopic (exact) mass is 497 g/mol. The van der Waals surface area contributed by atoms with Crippen molar-refractivity contribution in [2.24, 2.45) is 0 Å². The molecule has 0 atom stereocenters. The number of nitro groups is 1. The van der Waals surface area contributed by atoms with Gasteiger partial charge in [0, 0.05) is 23.9 Å². The van der Waals surface area contributed by atoms with E-state index in [1.165, 1.54) is 6.07 Å². The molecule has 0 fully saturated rings. The number of likely N-dealkylation sites (N-methyl/N-ethyl adjacent to an activating group) is 1. The number of aromatic hydroxyl groups is 1. The molecule has 1 aliphatic rings. The van der Waals surface area contributed by atoms with Crippen molar-refractivity contribution < 1.29 is 23.0 Å². The molecule has 3 aromatic rings. The Morgan fingerprint density at radius 1 is 1.27 bits per heavy atom. The smallest absolute Gasteiger partial charge is 0.293 e. The van der Waals surface area contributed by atoms with Crippen molar-refractivity contribution in [2.45, 2.75) is 20.4 Å². The van der Waals surface area contributed by atoms with E-state index in [0.717, 1.165) is 25.2 Å². The Morgan fingerprint density at radius 2 is 1.91 bits per heavy atom. The molecule has 1 aliphatic heterocycles. The summed E-state index contributed by atoms with van der Waals surface area (Å²) in [6, 6.07) is 6.34. The minimum atomic E-state index is -3.67. The Balaban J connectivity index is 0.000000555. The van der Waals surface area contributed by atoms with Crippen LogP contribution in [0.5, 0.6) is 5.75 Å². The second-order valence-corrected chi connectivity index (χ2v) is 9.29. The highest BCUT2D eigenvalue weighted by Gasteiger charge is 2.30. The number of hydrogen-bond acceptors (Lipinski definition) is 8. The molecule has 11 nitrogen and oxygen atoms in total. The molecule has 1 aromatic heterocycles. The van der Waals surface area contributed by atoms with Gasteiger partial charge in [0.25, 0.3) is 15.8 Å². The van der Waals surface area contributed by atoms with Crippen LogP contribution in [0.1, 0.15) is 13.8 Å². The molecule has 0 unspecified atom stereocenters. The van der Waals surface area contributed by atoms with Gasteiger partial charge in [0.15, 0.2) is 0 Å². The van der Waals surface area contributed by atoms with Crippen LogP contribution in [0.15, 0.2) is 24.3 Å². The van der Waals surface area contributed by atoms with Crippen LogP contribution in [-0.4, -0.2) is 63.6 Å². The number of phenols is 1. The predicted molar refractivity (Wildman–Crippen MR) is 127 cm³/mol. The maximum absolute atomic E-state index is 11.6. The zero-order valence-corrected chi connectivity index (χ0v) is 19.8. The van der Waals surface area contributed by atoms with Crippen LogP contribution in [0.25, 0.3) is 22.2 Å². The molecule has 0 spiro atoms. The van der Waals surface area contributed by atoms with Gasteiger partial charge in [-0.15, -0.1) is 0 Å². The lowest BCUT2D eigenvalue weighted by Crippen LogP contribution is -2.27. The molecule has 0 bridgehead atoms. The largest absolute Gasteiger partial charge is 0.506 e. The Hall–Kier alpha value is -2.93. The predicted octanol–water partition coefficient (Wildman–Crippen LogP) is 3.87. The molecule has 4 rings (SSSR count). The van der Waals surface area contributed by atoms with Gasteiger partial charge in [-0.2, -0.15) is 13.5 Å². The number of aromatic nitrogens is 2. The van der Waals surface area contributed by atoms with Gasteiger partial charge in [-0.3, -0.25) is 19.3 Å². The van der Waals surface area contributed by atoms with E-state index in [1.807, 2.05) is 4.68 Å². The van der Waals surface area contributed by atoms with E-state index >= 15 is 0 Å². The van der Waals surface area contributed by atoms with Crippen LogP contribution < -0.4 is 5.32 Å². The van der Waals surface area contributed by atoms with Gasteiger partial charge in [-0.25, -0.2) is 0 Å². The standard InChI is InChI=1S/C19H20ClN5O3.CH4O3S/c1-3-23(4-2)7-8-24-14-5-6-15(25(27)28)19-17(14)18(22-24)11-9-16(26)12(20)10-13(11)21-19;1-5(2,3)4/h5-6,9-10,21,26H,3-4,7-8H2,1-2H3;1H3,(H,2,3,4). The van der Waals surface area contributed by atoms with Crippen molar-refractivity contribution in [1.82, 2.24) is 14.7 Å². The second kappa shape index (κ2) is 9.51. The highest BCUT2D eigenvalue weighted by molar-refractivity contribution is 7.85. The van der Waals surface area contributed by atoms with Crippen LogP contribution in [-0.2, 0) is 16.7 Å². The van der Waals surface area contributed by atoms with Crippen molar-refractivity contribution in [3.8, 4) is 17.0 Å². The maximum Gasteiger partial charge on any atom is 0.293 e. The Kier molecular flexibility index (Phi) is 7.12. The zero-order chi connectivity index (χ0) is 24.5. The molecule has 33 heavy (non-hydrogen) atoms. The molecular formula is C20H24ClN5O6S. The number of nitrogens with zero attached hydrogens (tertiary/aromatic N) is 4. The summed E-state index contributed by atoms with van der Waals surface area (Å²) in [6.07, 6.45) is 0.715. The SMILES string of the molecule is CCN(CC)CCn1nc2c3c(c([N+](=O)[O-])ccc31)Nc1cc(Cl)c(O)cc1-2.CS(=O)(=O)O. The van der Waals surface area contributed by atoms with Gasteiger partial charge in [0.1, 0.15) is 17.1 Å². The first-order chi connectivity index (χ1) is 15.4. The third-order valence-corrected chi connectivity index (χ3v) is 5.52. The number of nitrogens with one attached hydrogen (secondary N) is 1. The Morgan fingerprint density at radius 3 is 2.48 bits per heavy atom. The summed E-state index contributed by atoms with van der Waals surface area (Å²) in [5, 5.41) is 30.3. The molecule has 0 saturated heterocycles. The molecule has 0 amide bonds. The topological polar surface area (TPSA) is 151 Å². The van der Waals surface area contributed by atoms with Gasteiger partial charge in [-0.1, -0.05) is 25.4 Å². The van der Waals surface area contributed by atoms with Crippen molar-refractivity contribution >= 4 is 49.7 Å². The first-order valence-corrected chi connectivity index (χ1v) is 12.3. The van der Waals surface area contributed by atoms with E-state index in [0.29, 0.717) is 40.8 Å². The number of benzene rings is 2. The van der Waals surface area contributed by atoms with E-state index in [2.05, 4.69) is 24.1 Å². The minimum absolute atomic E-state index is 0.0214. The quantitative estimate of drug-likeness (QED) is 0.156. The first kappa shape index (κ1) is 24.7. The lowest BCUT2D eigenvalue weighted by atomic mass is 9.99. The van der Waals surface area contributed by atoms with E-state index in [9.17, 15) is 23.6 Å². The molecule has 0 saturated carbocycles. The van der Waals surface area contributed by atoms with Crippen molar-refractivity contribution in [2.75, 3.05) is 31.2 Å². The van der Waals surface area contributed by atoms with Crippen LogP contribution in [0.4, 0.5) is 17.1 Å². The van der Waals surface area contributed by atoms with Crippen LogP contribution in [0.2, 0.25) is 5.02 Å². The number of fused-ring (bicyclic) bond motifs is 2. The Labute approximate surface area is 195 Å². The summed E-state index contributed by atoms with van der Waals surface area (Å²) in [6.45, 7) is 7.58. The summed E-state index contributed by atoms with van der Waals surface area (Å²) in [5.74, 6) is -0.0538. The zero-order valence-electron chi connectivity index (χ0n) is 18.2. The molecular weight excluding hydrogens is 474 g/mol. The molecule has 178 valence electrons. The van der Waals surface area contributed by atoms with Gasteiger partial charge >= 0.3 is 0 Å². The molecule has 0 aliphatic carbocycles. The number of hydrogen-bond donors (Lipinski definition) is 3. The van der Waals surface area contributed by atoms with Crippen molar-refractivity contribution in [1.29, 1.82) is 0 Å². The summed E-state index contributed by atoms with van der Waals surface area (Å²) < 4.78 is 27.7. The third-order valence-electron chi connectivity index (χ3n) is 5.22. The summed E-state index contributed by atoms with van der Waals surface area (Å²) in [7, 11) is -3.67. The normalized spacial score (nSPS) is 12.2. The number of rotatable bonds is 6. The first-order valence-electron chi connectivity index (χ1n) is 10.1. The van der Waals surface area contributed by atoms with E-state index < -0.39 is 15.0 Å². The number of nitro benzene ring substituents is 1. The average Bonchev–Trinajstić information content (AvgIpc) is 3.09. The summed E-state index contributed by atoms with van der Waals surface area (Å²) in [5.41, 5.74) is 3.05. The molecule has 0 radical (unpaired) electrons. The number of phenolic OH excluding ortho intramolecular Hbond substituents is 1. The molecule has 2 aromatic carbocycles. The second-order valence-electron chi connectivity index (χ2n) is 7.42. The Bertz CT molecular complexity index is 1310. The van der Waals surface area contributed by atoms with E-state index in [-0.39, 0.29) is 16.5 Å². The van der Waals surface area contributed by atoms with Gasteiger partial charge < -0.3 is 15.3 Å². The van der Waals surface area contributed by atoms with Gasteiger partial charge in [0.05, 0.1) is 33.6 Å². The summed E-state index contributed by atoms with van der Waals surface area (Å²) >= 11 is 6.04. The number of anilines is 2. The van der Waals surface area contributed by atoms with Gasteiger partial charge in [-0.05, 0) is 31.3 Å². The fraction of sp³-hybridized carbons (Fsp3) is 0.350. The third kappa shape index (κ3) is 5.36. The van der Waals surface area contributed by atoms with Crippen LogP contribution in [0, 0.1) is 10.1 Å². The molecule has 2 heterocycles. The number of halogens is 1. The molecule has 13 heteroatoms. The minimum Gasteiger partial charge on any atom is -0.506 e. The lowest BCUT2D eigenvalue weighted by molar-refractivity contribution is -0.383. The van der Waals surface area contributed by atoms with Crippen molar-refractivity contribution in [3.63, 3.8) is 0 Å². The summed E-state index contributed by atoms with van der Waals surface area (Å²) in [4.78, 5) is 13.4. The van der Waals surface area contributed by atoms with E-state index in [1.54, 1.807) is 18.2 Å². The van der Waals surface area contributed by atoms with Gasteiger partial charge in [0.2, 0.25) is 0 Å². The lowest BCUT2D eigenvalue weighted by Gasteiger charge is -2.18. The highest BCUT2D eigenvalue weighted by atomic mass is 35.5. The fourth-order valence-corrected chi connectivity index (χ4v) is 3.83. The maximum atomic E-state index is 11.6. The average molecular weight is 498 g/mol.